The number of aliphatic hydroxyl groups is 1. The van der Waals surface area contributed by atoms with Gasteiger partial charge in [0.1, 0.15) is 17.7 Å². The number of aliphatic hydroxyl groups excluding tert-OH is 1. The van der Waals surface area contributed by atoms with E-state index in [1.54, 1.807) is 20.8 Å². The van der Waals surface area contributed by atoms with E-state index in [0.717, 1.165) is 16.7 Å². The molecule has 8 nitrogen and oxygen atoms in total. The highest BCUT2D eigenvalue weighted by Gasteiger charge is 2.36. The molecule has 0 spiro atoms. The maximum atomic E-state index is 13.6. The second-order valence-corrected chi connectivity index (χ2v) is 9.57. The Kier molecular flexibility index (Phi) is 10.2. The molecule has 0 aliphatic rings. The van der Waals surface area contributed by atoms with Crippen molar-refractivity contribution < 1.29 is 24.2 Å². The first-order valence-electron chi connectivity index (χ1n) is 11.9. The molecular formula is C28H37N3O5. The van der Waals surface area contributed by atoms with E-state index < -0.39 is 36.3 Å². The van der Waals surface area contributed by atoms with Gasteiger partial charge < -0.3 is 25.4 Å². The number of benzene rings is 2. The minimum atomic E-state index is -1.31. The fraction of sp³-hybridized carbons (Fsp3) is 0.393. The van der Waals surface area contributed by atoms with Gasteiger partial charge in [0.2, 0.25) is 11.8 Å². The molecule has 0 saturated carbocycles. The molecule has 0 aromatic heterocycles. The van der Waals surface area contributed by atoms with Crippen molar-refractivity contribution in [2.24, 2.45) is 0 Å². The summed E-state index contributed by atoms with van der Waals surface area (Å²) in [4.78, 5) is 41.0. The highest BCUT2D eigenvalue weighted by Crippen LogP contribution is 2.28. The Bertz CT molecular complexity index is 1040. The highest BCUT2D eigenvalue weighted by molar-refractivity contribution is 5.92. The second-order valence-electron chi connectivity index (χ2n) is 9.57. The van der Waals surface area contributed by atoms with Gasteiger partial charge in [-0.05, 0) is 56.9 Å². The third-order valence-corrected chi connectivity index (χ3v) is 5.47. The number of rotatable bonds is 10. The molecule has 2 unspecified atom stereocenters. The average Bonchev–Trinajstić information content (AvgIpc) is 2.81. The van der Waals surface area contributed by atoms with Crippen molar-refractivity contribution in [2.45, 2.75) is 58.8 Å². The third-order valence-electron chi connectivity index (χ3n) is 5.47. The van der Waals surface area contributed by atoms with E-state index in [-0.39, 0.29) is 19.0 Å². The Morgan fingerprint density at radius 3 is 2.19 bits per heavy atom. The molecule has 3 amide bonds. The van der Waals surface area contributed by atoms with Crippen LogP contribution < -0.4 is 10.6 Å². The summed E-state index contributed by atoms with van der Waals surface area (Å²) in [5.74, 6) is -1.02. The summed E-state index contributed by atoms with van der Waals surface area (Å²) < 4.78 is 5.25. The predicted octanol–water partition coefficient (Wildman–Crippen LogP) is 3.56. The molecule has 2 aromatic carbocycles. The van der Waals surface area contributed by atoms with Crippen molar-refractivity contribution in [3.8, 4) is 0 Å². The number of carbonyl (C=O) groups is 3. The van der Waals surface area contributed by atoms with Crippen molar-refractivity contribution in [3.63, 3.8) is 0 Å². The number of nitrogens with one attached hydrogen (secondary N) is 2. The van der Waals surface area contributed by atoms with Gasteiger partial charge >= 0.3 is 6.09 Å². The van der Waals surface area contributed by atoms with Gasteiger partial charge in [-0.1, -0.05) is 54.6 Å². The van der Waals surface area contributed by atoms with Crippen molar-refractivity contribution >= 4 is 17.9 Å². The first-order valence-corrected chi connectivity index (χ1v) is 11.9. The first kappa shape index (κ1) is 28.6. The van der Waals surface area contributed by atoms with Crippen LogP contribution in [0.4, 0.5) is 4.79 Å². The fourth-order valence-electron chi connectivity index (χ4n) is 3.87. The largest absolute Gasteiger partial charge is 0.444 e. The van der Waals surface area contributed by atoms with Gasteiger partial charge in [0.15, 0.2) is 0 Å². The number of amides is 3. The van der Waals surface area contributed by atoms with Crippen molar-refractivity contribution in [2.75, 3.05) is 13.2 Å². The maximum Gasteiger partial charge on any atom is 0.408 e. The summed E-state index contributed by atoms with van der Waals surface area (Å²) in [5.41, 5.74) is 2.46. The number of hydrogen-bond donors (Lipinski definition) is 3. The van der Waals surface area contributed by atoms with Crippen LogP contribution in [0.25, 0.3) is 0 Å². The van der Waals surface area contributed by atoms with Crippen molar-refractivity contribution in [3.05, 3.63) is 83.4 Å². The van der Waals surface area contributed by atoms with Crippen molar-refractivity contribution in [1.29, 1.82) is 0 Å². The summed E-state index contributed by atoms with van der Waals surface area (Å²) in [6.07, 6.45) is 0.663. The molecule has 0 saturated heterocycles. The summed E-state index contributed by atoms with van der Waals surface area (Å²) >= 11 is 0. The molecule has 2 atom stereocenters. The van der Waals surface area contributed by atoms with E-state index in [2.05, 4.69) is 17.2 Å². The zero-order valence-corrected chi connectivity index (χ0v) is 21.7. The number of carbonyl (C=O) groups excluding carboxylic acids is 3. The molecular weight excluding hydrogens is 458 g/mol. The van der Waals surface area contributed by atoms with Gasteiger partial charge in [-0.3, -0.25) is 9.59 Å². The lowest BCUT2D eigenvalue weighted by Crippen LogP contribution is -2.54. The summed E-state index contributed by atoms with van der Waals surface area (Å²) in [6, 6.07) is 12.7. The van der Waals surface area contributed by atoms with Crippen LogP contribution in [0, 0.1) is 13.8 Å². The highest BCUT2D eigenvalue weighted by atomic mass is 16.6. The molecule has 0 heterocycles. The van der Waals surface area contributed by atoms with Crippen LogP contribution in [0.15, 0.2) is 61.2 Å². The third kappa shape index (κ3) is 7.95. The minimum Gasteiger partial charge on any atom is -0.444 e. The van der Waals surface area contributed by atoms with Gasteiger partial charge in [0.25, 0.3) is 0 Å². The molecule has 2 rings (SSSR count). The van der Waals surface area contributed by atoms with Crippen LogP contribution in [0.5, 0.6) is 0 Å². The summed E-state index contributed by atoms with van der Waals surface area (Å²) in [7, 11) is 0. The standard InChI is InChI=1S/C28H37N3O5/c1-7-16-31(26(34)22(18-32)30-27(35)36-28(4,5)6)24(23-19(2)12-11-13-20(23)3)25(33)29-17-21-14-9-8-10-15-21/h7-15,22,24,32H,1,16-18H2,2-6H3,(H,29,33)(H,30,35). The zero-order chi connectivity index (χ0) is 26.9. The quantitative estimate of drug-likeness (QED) is 0.437. The molecule has 0 radical (unpaired) electrons. The van der Waals surface area contributed by atoms with Gasteiger partial charge in [0.05, 0.1) is 6.61 Å². The zero-order valence-electron chi connectivity index (χ0n) is 21.7. The first-order chi connectivity index (χ1) is 17.0. The Morgan fingerprint density at radius 1 is 1.06 bits per heavy atom. The van der Waals surface area contributed by atoms with Crippen LogP contribution >= 0.6 is 0 Å². The van der Waals surface area contributed by atoms with Crippen LogP contribution in [0.3, 0.4) is 0 Å². The number of aryl methyl sites for hydroxylation is 2. The lowest BCUT2D eigenvalue weighted by molar-refractivity contribution is -0.142. The lowest BCUT2D eigenvalue weighted by atomic mass is 9.93. The summed E-state index contributed by atoms with van der Waals surface area (Å²) in [6.45, 7) is 12.2. The van der Waals surface area contributed by atoms with E-state index in [9.17, 15) is 19.5 Å². The number of nitrogens with zero attached hydrogens (tertiary/aromatic N) is 1. The van der Waals surface area contributed by atoms with E-state index in [1.807, 2.05) is 62.4 Å². The van der Waals surface area contributed by atoms with Crippen LogP contribution in [0.2, 0.25) is 0 Å². The van der Waals surface area contributed by atoms with Crippen LogP contribution in [-0.4, -0.2) is 52.7 Å². The Hall–Kier alpha value is -3.65. The molecule has 0 aliphatic carbocycles. The Balaban J connectivity index is 2.44. The second kappa shape index (κ2) is 12.9. The monoisotopic (exact) mass is 495 g/mol. The molecule has 2 aromatic rings. The molecule has 0 fully saturated rings. The molecule has 8 heteroatoms. The SMILES string of the molecule is C=CCN(C(=O)C(CO)NC(=O)OC(C)(C)C)C(C(=O)NCc1ccccc1)c1c(C)cccc1C. The Morgan fingerprint density at radius 2 is 1.67 bits per heavy atom. The minimum absolute atomic E-state index is 0.0164. The number of ether oxygens (including phenoxy) is 1. The van der Waals surface area contributed by atoms with Gasteiger partial charge in [-0.25, -0.2) is 4.79 Å². The van der Waals surface area contributed by atoms with E-state index in [0.29, 0.717) is 5.56 Å². The number of hydrogen-bond acceptors (Lipinski definition) is 5. The topological polar surface area (TPSA) is 108 Å². The van der Waals surface area contributed by atoms with Crippen molar-refractivity contribution in [1.82, 2.24) is 15.5 Å². The lowest BCUT2D eigenvalue weighted by Gasteiger charge is -2.34. The predicted molar refractivity (Wildman–Crippen MR) is 139 cm³/mol. The van der Waals surface area contributed by atoms with E-state index in [1.165, 1.54) is 11.0 Å². The van der Waals surface area contributed by atoms with E-state index in [4.69, 9.17) is 4.74 Å². The molecule has 0 aliphatic heterocycles. The molecule has 194 valence electrons. The maximum absolute atomic E-state index is 13.6. The molecule has 3 N–H and O–H groups in total. The Labute approximate surface area is 213 Å². The van der Waals surface area contributed by atoms with Gasteiger partial charge in [-0.2, -0.15) is 0 Å². The molecule has 36 heavy (non-hydrogen) atoms. The molecule has 0 bridgehead atoms. The number of alkyl carbamates (subject to hydrolysis) is 1. The van der Waals surface area contributed by atoms with Gasteiger partial charge in [0, 0.05) is 13.1 Å². The fourth-order valence-corrected chi connectivity index (χ4v) is 3.87. The smallest absolute Gasteiger partial charge is 0.408 e. The normalized spacial score (nSPS) is 12.7. The van der Waals surface area contributed by atoms with Gasteiger partial charge in [-0.15, -0.1) is 6.58 Å². The summed E-state index contributed by atoms with van der Waals surface area (Å²) in [5, 5.41) is 15.3. The van der Waals surface area contributed by atoms with Crippen LogP contribution in [0.1, 0.15) is 49.1 Å². The average molecular weight is 496 g/mol. The van der Waals surface area contributed by atoms with E-state index >= 15 is 0 Å². The van der Waals surface area contributed by atoms with Crippen LogP contribution in [-0.2, 0) is 20.9 Å².